The van der Waals surface area contributed by atoms with Gasteiger partial charge >= 0.3 is 0 Å². The van der Waals surface area contributed by atoms with Crippen molar-refractivity contribution in [2.45, 2.75) is 37.4 Å². The van der Waals surface area contributed by atoms with Crippen molar-refractivity contribution in [2.24, 2.45) is 5.41 Å². The van der Waals surface area contributed by atoms with Crippen molar-refractivity contribution in [2.75, 3.05) is 18.8 Å². The maximum absolute atomic E-state index is 12.3. The van der Waals surface area contributed by atoms with E-state index in [0.29, 0.717) is 13.1 Å². The summed E-state index contributed by atoms with van der Waals surface area (Å²) in [6.07, 6.45) is 2.90. The molecule has 0 amide bonds. The largest absolute Gasteiger partial charge is 0.374 e. The van der Waals surface area contributed by atoms with Gasteiger partial charge in [-0.1, -0.05) is 25.2 Å². The first kappa shape index (κ1) is 13.7. The Bertz CT molecular complexity index is 522. The van der Waals surface area contributed by atoms with Gasteiger partial charge in [0.1, 0.15) is 0 Å². The van der Waals surface area contributed by atoms with Crippen LogP contribution in [0.1, 0.15) is 33.1 Å². The summed E-state index contributed by atoms with van der Waals surface area (Å²) in [6, 6.07) is 0. The van der Waals surface area contributed by atoms with E-state index >= 15 is 0 Å². The highest BCUT2D eigenvalue weighted by atomic mass is 32.2. The zero-order chi connectivity index (χ0) is 13.4. The maximum atomic E-state index is 12.3. The second-order valence-electron chi connectivity index (χ2n) is 4.70. The van der Waals surface area contributed by atoms with Crippen molar-refractivity contribution in [3.63, 3.8) is 0 Å². The molecular formula is C10H18N4O2S2. The second kappa shape index (κ2) is 4.75. The molecule has 1 saturated heterocycles. The Labute approximate surface area is 111 Å². The fourth-order valence-electron chi connectivity index (χ4n) is 2.36. The highest BCUT2D eigenvalue weighted by Crippen LogP contribution is 2.39. The third kappa shape index (κ3) is 2.24. The van der Waals surface area contributed by atoms with Crippen LogP contribution in [-0.2, 0) is 10.0 Å². The second-order valence-corrected chi connectivity index (χ2v) is 7.82. The molecule has 1 aromatic rings. The van der Waals surface area contributed by atoms with Crippen molar-refractivity contribution < 1.29 is 8.42 Å². The summed E-state index contributed by atoms with van der Waals surface area (Å²) in [6.45, 7) is 5.36. The van der Waals surface area contributed by atoms with Crippen molar-refractivity contribution in [1.82, 2.24) is 14.5 Å². The molecule has 0 bridgehead atoms. The maximum Gasteiger partial charge on any atom is 0.272 e. The van der Waals surface area contributed by atoms with E-state index in [9.17, 15) is 8.42 Å². The van der Waals surface area contributed by atoms with Gasteiger partial charge in [0.2, 0.25) is 9.47 Å². The number of anilines is 1. The zero-order valence-corrected chi connectivity index (χ0v) is 12.2. The van der Waals surface area contributed by atoms with Crippen LogP contribution in [0.15, 0.2) is 4.34 Å². The lowest BCUT2D eigenvalue weighted by atomic mass is 9.82. The Balaban J connectivity index is 2.24. The van der Waals surface area contributed by atoms with Crippen molar-refractivity contribution in [3.05, 3.63) is 0 Å². The number of nitrogens with two attached hydrogens (primary N) is 1. The fourth-order valence-corrected chi connectivity index (χ4v) is 4.84. The summed E-state index contributed by atoms with van der Waals surface area (Å²) in [5.74, 6) is 0. The van der Waals surface area contributed by atoms with Crippen molar-refractivity contribution in [3.8, 4) is 0 Å². The van der Waals surface area contributed by atoms with Crippen LogP contribution in [0.25, 0.3) is 0 Å². The molecule has 2 N–H and O–H groups in total. The van der Waals surface area contributed by atoms with Gasteiger partial charge in [0.25, 0.3) is 10.0 Å². The first-order chi connectivity index (χ1) is 8.43. The van der Waals surface area contributed by atoms with Crippen LogP contribution in [0.3, 0.4) is 0 Å². The Hall–Kier alpha value is -0.730. The standard InChI is InChI=1S/C10H18N4O2S2/c1-3-10(4-2)5-6-14(7-10)18(15,16)9-13-12-8(11)17-9/h3-7H2,1-2H3,(H2,11,12). The minimum atomic E-state index is -3.51. The molecule has 0 unspecified atom stereocenters. The van der Waals surface area contributed by atoms with Crippen LogP contribution < -0.4 is 5.73 Å². The number of nitrogen functional groups attached to an aromatic ring is 1. The first-order valence-electron chi connectivity index (χ1n) is 6.03. The zero-order valence-electron chi connectivity index (χ0n) is 10.6. The monoisotopic (exact) mass is 290 g/mol. The Morgan fingerprint density at radius 3 is 2.50 bits per heavy atom. The normalized spacial score (nSPS) is 20.3. The summed E-state index contributed by atoms with van der Waals surface area (Å²) in [4.78, 5) is 0. The topological polar surface area (TPSA) is 89.2 Å². The van der Waals surface area contributed by atoms with E-state index in [1.54, 1.807) is 0 Å². The molecule has 0 atom stereocenters. The van der Waals surface area contributed by atoms with Crippen LogP contribution in [0.4, 0.5) is 5.13 Å². The van der Waals surface area contributed by atoms with Crippen LogP contribution in [0.2, 0.25) is 0 Å². The van der Waals surface area contributed by atoms with Gasteiger partial charge in [-0.25, -0.2) is 8.42 Å². The predicted octanol–water partition coefficient (Wildman–Crippen LogP) is 1.32. The van der Waals surface area contributed by atoms with Crippen LogP contribution in [0.5, 0.6) is 0 Å². The average molecular weight is 290 g/mol. The van der Waals surface area contributed by atoms with E-state index in [-0.39, 0.29) is 14.9 Å². The molecule has 0 spiro atoms. The van der Waals surface area contributed by atoms with E-state index < -0.39 is 10.0 Å². The molecule has 6 nitrogen and oxygen atoms in total. The smallest absolute Gasteiger partial charge is 0.272 e. The number of hydrogen-bond donors (Lipinski definition) is 1. The lowest BCUT2D eigenvalue weighted by Crippen LogP contribution is -2.31. The molecule has 0 radical (unpaired) electrons. The molecule has 2 rings (SSSR count). The van der Waals surface area contributed by atoms with E-state index in [1.807, 2.05) is 0 Å². The molecule has 0 aromatic carbocycles. The van der Waals surface area contributed by atoms with Gasteiger partial charge in [-0.15, -0.1) is 10.2 Å². The van der Waals surface area contributed by atoms with Gasteiger partial charge < -0.3 is 5.73 Å². The first-order valence-corrected chi connectivity index (χ1v) is 8.28. The molecule has 0 saturated carbocycles. The Kier molecular flexibility index (Phi) is 3.61. The third-order valence-corrected chi connectivity index (χ3v) is 6.83. The van der Waals surface area contributed by atoms with Crippen molar-refractivity contribution >= 4 is 26.5 Å². The highest BCUT2D eigenvalue weighted by molar-refractivity contribution is 7.91. The SMILES string of the molecule is CCC1(CC)CCN(S(=O)(=O)c2nnc(N)s2)C1. The van der Waals surface area contributed by atoms with Gasteiger partial charge in [0.05, 0.1) is 0 Å². The molecule has 2 heterocycles. The summed E-state index contributed by atoms with van der Waals surface area (Å²) >= 11 is 0.923. The molecule has 1 fully saturated rings. The van der Waals surface area contributed by atoms with E-state index in [4.69, 9.17) is 5.73 Å². The van der Waals surface area contributed by atoms with Gasteiger partial charge in [-0.05, 0) is 24.7 Å². The van der Waals surface area contributed by atoms with E-state index in [0.717, 1.165) is 30.6 Å². The van der Waals surface area contributed by atoms with Gasteiger partial charge in [-0.3, -0.25) is 0 Å². The molecule has 1 aromatic heterocycles. The number of sulfonamides is 1. The molecule has 1 aliphatic heterocycles. The van der Waals surface area contributed by atoms with Gasteiger partial charge in [0.15, 0.2) is 0 Å². The fraction of sp³-hybridized carbons (Fsp3) is 0.800. The molecule has 102 valence electrons. The minimum absolute atomic E-state index is 0.00278. The molecule has 8 heteroatoms. The lowest BCUT2D eigenvalue weighted by molar-refractivity contribution is 0.279. The number of aromatic nitrogens is 2. The molecule has 18 heavy (non-hydrogen) atoms. The number of rotatable bonds is 4. The third-order valence-electron chi connectivity index (χ3n) is 3.89. The molecular weight excluding hydrogens is 272 g/mol. The molecule has 0 aliphatic carbocycles. The van der Waals surface area contributed by atoms with Gasteiger partial charge in [0, 0.05) is 13.1 Å². The summed E-state index contributed by atoms with van der Waals surface area (Å²) in [5.41, 5.74) is 5.56. The lowest BCUT2D eigenvalue weighted by Gasteiger charge is -2.25. The van der Waals surface area contributed by atoms with Crippen LogP contribution in [-0.4, -0.2) is 36.0 Å². The summed E-state index contributed by atoms with van der Waals surface area (Å²) in [7, 11) is -3.51. The average Bonchev–Trinajstić information content (AvgIpc) is 2.96. The quantitative estimate of drug-likeness (QED) is 0.903. The number of nitrogens with zero attached hydrogens (tertiary/aromatic N) is 3. The van der Waals surface area contributed by atoms with Gasteiger partial charge in [-0.2, -0.15) is 4.31 Å². The summed E-state index contributed by atoms with van der Waals surface area (Å²) < 4.78 is 26.2. The highest BCUT2D eigenvalue weighted by Gasteiger charge is 2.41. The summed E-state index contributed by atoms with van der Waals surface area (Å²) in [5, 5.41) is 7.40. The van der Waals surface area contributed by atoms with Crippen LogP contribution >= 0.6 is 11.3 Å². The van der Waals surface area contributed by atoms with Crippen LogP contribution in [0, 0.1) is 5.41 Å². The van der Waals surface area contributed by atoms with E-state index in [2.05, 4.69) is 24.0 Å². The predicted molar refractivity (Wildman–Crippen MR) is 70.7 cm³/mol. The Morgan fingerprint density at radius 2 is 2.06 bits per heavy atom. The minimum Gasteiger partial charge on any atom is -0.374 e. The number of hydrogen-bond acceptors (Lipinski definition) is 6. The molecule has 1 aliphatic rings. The van der Waals surface area contributed by atoms with E-state index in [1.165, 1.54) is 4.31 Å². The van der Waals surface area contributed by atoms with Crippen molar-refractivity contribution in [1.29, 1.82) is 0 Å². The Morgan fingerprint density at radius 1 is 1.39 bits per heavy atom.